The molecule has 174 valence electrons. The Morgan fingerprint density at radius 1 is 0.970 bits per heavy atom. The summed E-state index contributed by atoms with van der Waals surface area (Å²) < 4.78 is 99.9. The molecule has 0 saturated carbocycles. The Morgan fingerprint density at radius 2 is 1.61 bits per heavy atom. The van der Waals surface area contributed by atoms with Crippen LogP contribution < -0.4 is 19.3 Å². The van der Waals surface area contributed by atoms with Crippen LogP contribution in [0.25, 0.3) is 0 Å². The summed E-state index contributed by atoms with van der Waals surface area (Å²) in [5.74, 6) is -4.60. The van der Waals surface area contributed by atoms with Crippen LogP contribution in [-0.2, 0) is 6.18 Å². The molecule has 7 nitrogen and oxygen atoms in total. The fourth-order valence-electron chi connectivity index (χ4n) is 2.53. The van der Waals surface area contributed by atoms with Gasteiger partial charge in [0.05, 0.1) is 22.4 Å². The Balaban J connectivity index is 1.97. The van der Waals surface area contributed by atoms with Gasteiger partial charge in [0.25, 0.3) is 12.1 Å². The van der Waals surface area contributed by atoms with Crippen LogP contribution in [0.1, 0.15) is 15.9 Å². The first-order chi connectivity index (χ1) is 15.3. The number of hydrogen-bond acceptors (Lipinski definition) is 4. The Bertz CT molecular complexity index is 1200. The van der Waals surface area contributed by atoms with Crippen LogP contribution in [0.4, 0.5) is 36.4 Å². The van der Waals surface area contributed by atoms with Crippen LogP contribution in [0, 0.1) is 10.7 Å². The molecule has 1 heterocycles. The summed E-state index contributed by atoms with van der Waals surface area (Å²) in [6.07, 6.45) is -7.97. The molecule has 33 heavy (non-hydrogen) atoms. The summed E-state index contributed by atoms with van der Waals surface area (Å²) in [6.45, 7) is 0. The standard InChI is InChI=1S/C19H10F7N3O4/c20-14-7-10(18(21,22)23)8-15(16(14)17(30)28-11-5-6-29(31)27-9-11)32-12-1-3-13(4-2-12)33-19(24,25)26/h1-9H,(H-,27,28,30,31)/p+1. The SMILES string of the molecule is O=C(Nc1cc[n+](=O)[nH]c1)c1c(F)cc(C(F)(F)F)cc1Oc1ccc(OC(F)(F)F)cc1. The van der Waals surface area contributed by atoms with E-state index in [1.165, 1.54) is 0 Å². The number of alkyl halides is 6. The summed E-state index contributed by atoms with van der Waals surface area (Å²) in [6, 6.07) is 5.03. The number of ether oxygens (including phenoxy) is 2. The molecule has 3 aromatic rings. The monoisotopic (exact) mass is 478 g/mol. The lowest BCUT2D eigenvalue weighted by Gasteiger charge is -2.16. The molecule has 0 fully saturated rings. The lowest BCUT2D eigenvalue weighted by molar-refractivity contribution is -0.564. The number of carbonyl (C=O) groups is 1. The minimum Gasteiger partial charge on any atom is -0.456 e. The maximum absolute atomic E-state index is 14.6. The van der Waals surface area contributed by atoms with Crippen molar-refractivity contribution in [1.29, 1.82) is 0 Å². The van der Waals surface area contributed by atoms with Crippen LogP contribution in [0.5, 0.6) is 17.2 Å². The minimum absolute atomic E-state index is 0.0222. The van der Waals surface area contributed by atoms with E-state index < -0.39 is 46.9 Å². The van der Waals surface area contributed by atoms with Crippen molar-refractivity contribution in [2.45, 2.75) is 12.5 Å². The summed E-state index contributed by atoms with van der Waals surface area (Å²) >= 11 is 0. The number of H-pyrrole nitrogens is 1. The van der Waals surface area contributed by atoms with Crippen LogP contribution in [0.15, 0.2) is 54.9 Å². The van der Waals surface area contributed by atoms with Crippen molar-refractivity contribution in [2.75, 3.05) is 5.32 Å². The smallest absolute Gasteiger partial charge is 0.456 e. The highest BCUT2D eigenvalue weighted by molar-refractivity contribution is 6.06. The molecular formula is C19H11F7N3O4+. The van der Waals surface area contributed by atoms with E-state index in [1.54, 1.807) is 0 Å². The van der Waals surface area contributed by atoms with E-state index in [0.717, 1.165) is 42.7 Å². The number of amides is 1. The van der Waals surface area contributed by atoms with Crippen LogP contribution in [0.3, 0.4) is 0 Å². The maximum Gasteiger partial charge on any atom is 0.573 e. The van der Waals surface area contributed by atoms with Crippen molar-refractivity contribution < 1.29 is 49.5 Å². The molecule has 3 rings (SSSR count). The van der Waals surface area contributed by atoms with Crippen molar-refractivity contribution in [2.24, 2.45) is 0 Å². The molecule has 0 radical (unpaired) electrons. The van der Waals surface area contributed by atoms with Gasteiger partial charge < -0.3 is 14.8 Å². The molecule has 0 aliphatic heterocycles. The van der Waals surface area contributed by atoms with Gasteiger partial charge in [-0.1, -0.05) is 0 Å². The number of halogens is 7. The van der Waals surface area contributed by atoms with Gasteiger partial charge in [-0.25, -0.2) is 4.39 Å². The van der Waals surface area contributed by atoms with Gasteiger partial charge in [0.1, 0.15) is 28.6 Å². The zero-order chi connectivity index (χ0) is 24.4. The van der Waals surface area contributed by atoms with Gasteiger partial charge in [0.15, 0.2) is 4.54 Å². The summed E-state index contributed by atoms with van der Waals surface area (Å²) in [5, 5.41) is 4.33. The number of anilines is 1. The van der Waals surface area contributed by atoms with Crippen molar-refractivity contribution in [3.8, 4) is 17.2 Å². The largest absolute Gasteiger partial charge is 0.573 e. The Kier molecular flexibility index (Phi) is 6.28. The summed E-state index contributed by atoms with van der Waals surface area (Å²) in [7, 11) is 0. The molecular weight excluding hydrogens is 467 g/mol. The molecule has 0 spiro atoms. The molecule has 2 aromatic carbocycles. The predicted molar refractivity (Wildman–Crippen MR) is 96.7 cm³/mol. The van der Waals surface area contributed by atoms with Crippen LogP contribution in [-0.4, -0.2) is 17.4 Å². The molecule has 0 atom stereocenters. The van der Waals surface area contributed by atoms with Gasteiger partial charge in [-0.3, -0.25) is 4.79 Å². The van der Waals surface area contributed by atoms with Gasteiger partial charge in [-0.05, 0) is 36.4 Å². The first kappa shape index (κ1) is 23.6. The molecule has 0 unspecified atom stereocenters. The quantitative estimate of drug-likeness (QED) is 0.398. The second-order valence-electron chi connectivity index (χ2n) is 6.27. The highest BCUT2D eigenvalue weighted by atomic mass is 19.4. The fourth-order valence-corrected chi connectivity index (χ4v) is 2.53. The molecule has 0 saturated heterocycles. The number of rotatable bonds is 5. The Hall–Kier alpha value is -4.10. The molecule has 0 aliphatic rings. The van der Waals surface area contributed by atoms with E-state index in [4.69, 9.17) is 4.74 Å². The average molecular weight is 478 g/mol. The maximum atomic E-state index is 14.6. The molecule has 0 bridgehead atoms. The van der Waals surface area contributed by atoms with E-state index in [9.17, 15) is 40.4 Å². The first-order valence-corrected chi connectivity index (χ1v) is 8.68. The number of nitrogens with one attached hydrogen (secondary N) is 2. The molecule has 14 heteroatoms. The number of benzene rings is 2. The van der Waals surface area contributed by atoms with Crippen LogP contribution in [0.2, 0.25) is 0 Å². The molecule has 1 aromatic heterocycles. The molecule has 1 amide bonds. The predicted octanol–water partition coefficient (Wildman–Crippen LogP) is 5.03. The van der Waals surface area contributed by atoms with Gasteiger partial charge in [0, 0.05) is 6.07 Å². The lowest BCUT2D eigenvalue weighted by atomic mass is 10.1. The summed E-state index contributed by atoms with van der Waals surface area (Å²) in [4.78, 5) is 23.6. The third kappa shape index (κ3) is 6.21. The van der Waals surface area contributed by atoms with Gasteiger partial charge in [-0.15, -0.1) is 18.3 Å². The van der Waals surface area contributed by atoms with Crippen molar-refractivity contribution >= 4 is 11.6 Å². The lowest BCUT2D eigenvalue weighted by Crippen LogP contribution is -2.20. The highest BCUT2D eigenvalue weighted by Crippen LogP contribution is 2.37. The number of nitrogens with zero attached hydrogens (tertiary/aromatic N) is 1. The third-order valence-electron chi connectivity index (χ3n) is 3.89. The van der Waals surface area contributed by atoms with Crippen LogP contribution >= 0.6 is 0 Å². The zero-order valence-electron chi connectivity index (χ0n) is 15.9. The van der Waals surface area contributed by atoms with E-state index in [0.29, 0.717) is 6.07 Å². The minimum atomic E-state index is -4.99. The van der Waals surface area contributed by atoms with Crippen molar-refractivity contribution in [3.63, 3.8) is 0 Å². The molecule has 0 aliphatic carbocycles. The normalized spacial score (nSPS) is 11.7. The average Bonchev–Trinajstić information content (AvgIpc) is 2.69. The number of aromatic amines is 1. The van der Waals surface area contributed by atoms with Gasteiger partial charge in [-0.2, -0.15) is 13.2 Å². The highest BCUT2D eigenvalue weighted by Gasteiger charge is 2.34. The van der Waals surface area contributed by atoms with E-state index in [-0.39, 0.29) is 22.0 Å². The Labute approximate surface area is 179 Å². The van der Waals surface area contributed by atoms with Gasteiger partial charge in [0.2, 0.25) is 0 Å². The Morgan fingerprint density at radius 3 is 2.15 bits per heavy atom. The van der Waals surface area contributed by atoms with E-state index >= 15 is 0 Å². The van der Waals surface area contributed by atoms with Gasteiger partial charge >= 0.3 is 12.5 Å². The van der Waals surface area contributed by atoms with E-state index in [1.807, 2.05) is 0 Å². The zero-order valence-corrected chi connectivity index (χ0v) is 15.9. The summed E-state index contributed by atoms with van der Waals surface area (Å²) in [5.41, 5.74) is -2.41. The first-order valence-electron chi connectivity index (χ1n) is 8.68. The van der Waals surface area contributed by atoms with Crippen molar-refractivity contribution in [3.05, 3.63) is 76.7 Å². The van der Waals surface area contributed by atoms with E-state index in [2.05, 4.69) is 15.2 Å². The number of hydrogen-bond donors (Lipinski definition) is 2. The number of carbonyl (C=O) groups excluding carboxylic acids is 1. The second kappa shape index (κ2) is 8.80. The fraction of sp³-hybridized carbons (Fsp3) is 0.105. The second-order valence-corrected chi connectivity index (χ2v) is 6.27. The van der Waals surface area contributed by atoms with Crippen molar-refractivity contribution in [1.82, 2.24) is 5.10 Å². The third-order valence-corrected chi connectivity index (χ3v) is 3.89. The molecule has 2 N–H and O–H groups in total. The topological polar surface area (TPSA) is 86.3 Å². The number of aromatic nitrogens is 2.